The van der Waals surface area contributed by atoms with Crippen molar-refractivity contribution in [3.05, 3.63) is 0 Å². The molecular formula is C10H20N2O3S2. The van der Waals surface area contributed by atoms with E-state index in [0.717, 1.165) is 6.26 Å². The second-order valence-corrected chi connectivity index (χ2v) is 7.24. The zero-order valence-electron chi connectivity index (χ0n) is 10.6. The second-order valence-electron chi connectivity index (χ2n) is 4.51. The molecule has 1 atom stereocenters. The molecule has 0 fully saturated rings. The highest BCUT2D eigenvalue weighted by atomic mass is 32.2. The summed E-state index contributed by atoms with van der Waals surface area (Å²) in [6.07, 6.45) is 1.14. The maximum absolute atomic E-state index is 12.0. The van der Waals surface area contributed by atoms with E-state index < -0.39 is 15.8 Å². The predicted octanol–water partition coefficient (Wildman–Crippen LogP) is 0.0477. The van der Waals surface area contributed by atoms with Crippen LogP contribution in [0.25, 0.3) is 0 Å². The monoisotopic (exact) mass is 280 g/mol. The largest absolute Gasteiger partial charge is 0.393 e. The molecule has 1 amide bonds. The van der Waals surface area contributed by atoms with Gasteiger partial charge in [-0.05, 0) is 5.92 Å². The van der Waals surface area contributed by atoms with E-state index in [1.165, 1.54) is 4.90 Å². The predicted molar refractivity (Wildman–Crippen MR) is 72.5 cm³/mol. The van der Waals surface area contributed by atoms with Gasteiger partial charge in [-0.1, -0.05) is 26.1 Å². The van der Waals surface area contributed by atoms with Crippen LogP contribution in [0.15, 0.2) is 0 Å². The molecule has 0 aliphatic heterocycles. The Hall–Kier alpha value is -0.690. The summed E-state index contributed by atoms with van der Waals surface area (Å²) in [5, 5.41) is 0. The Morgan fingerprint density at radius 1 is 1.41 bits per heavy atom. The molecule has 0 aromatic rings. The fourth-order valence-electron chi connectivity index (χ4n) is 1.39. The lowest BCUT2D eigenvalue weighted by Gasteiger charge is -2.25. The van der Waals surface area contributed by atoms with Crippen LogP contribution in [0.4, 0.5) is 0 Å². The van der Waals surface area contributed by atoms with E-state index in [1.54, 1.807) is 7.05 Å². The normalized spacial score (nSPS) is 13.5. The molecule has 100 valence electrons. The molecule has 0 aromatic heterocycles. The average Bonchev–Trinajstić information content (AvgIpc) is 2.11. The van der Waals surface area contributed by atoms with Gasteiger partial charge < -0.3 is 10.6 Å². The molecule has 0 saturated carbocycles. The standard InChI is InChI=1S/C10H20N2O3S2/c1-7(2)8(9(11)16)10(13)12(3)5-6-17(4,14)15/h7-8H,5-6H2,1-4H3,(H2,11,16). The average molecular weight is 280 g/mol. The van der Waals surface area contributed by atoms with Crippen LogP contribution in [0.5, 0.6) is 0 Å². The highest BCUT2D eigenvalue weighted by Crippen LogP contribution is 2.14. The van der Waals surface area contributed by atoms with Crippen molar-refractivity contribution in [2.75, 3.05) is 25.6 Å². The van der Waals surface area contributed by atoms with Gasteiger partial charge in [0, 0.05) is 19.8 Å². The molecular weight excluding hydrogens is 260 g/mol. The Bertz CT molecular complexity index is 390. The molecule has 0 radical (unpaired) electrons. The van der Waals surface area contributed by atoms with E-state index in [1.807, 2.05) is 13.8 Å². The van der Waals surface area contributed by atoms with Crippen LogP contribution in [-0.2, 0) is 14.6 Å². The van der Waals surface area contributed by atoms with Crippen molar-refractivity contribution in [1.29, 1.82) is 0 Å². The maximum atomic E-state index is 12.0. The van der Waals surface area contributed by atoms with Gasteiger partial charge in [-0.3, -0.25) is 4.79 Å². The molecule has 0 aromatic carbocycles. The third kappa shape index (κ3) is 5.97. The van der Waals surface area contributed by atoms with E-state index in [9.17, 15) is 13.2 Å². The summed E-state index contributed by atoms with van der Waals surface area (Å²) in [6, 6.07) is 0. The van der Waals surface area contributed by atoms with Crippen LogP contribution in [0, 0.1) is 11.8 Å². The summed E-state index contributed by atoms with van der Waals surface area (Å²) >= 11 is 4.86. The number of sulfone groups is 1. The van der Waals surface area contributed by atoms with Crippen molar-refractivity contribution < 1.29 is 13.2 Å². The van der Waals surface area contributed by atoms with E-state index in [2.05, 4.69) is 0 Å². The number of hydrogen-bond acceptors (Lipinski definition) is 4. The van der Waals surface area contributed by atoms with Crippen molar-refractivity contribution in [3.63, 3.8) is 0 Å². The molecule has 5 nitrogen and oxygen atoms in total. The van der Waals surface area contributed by atoms with Crippen LogP contribution < -0.4 is 5.73 Å². The van der Waals surface area contributed by atoms with Gasteiger partial charge in [-0.25, -0.2) is 8.42 Å². The van der Waals surface area contributed by atoms with Gasteiger partial charge in [0.25, 0.3) is 0 Å². The van der Waals surface area contributed by atoms with E-state index in [0.29, 0.717) is 0 Å². The van der Waals surface area contributed by atoms with Gasteiger partial charge in [-0.15, -0.1) is 0 Å². The van der Waals surface area contributed by atoms with Crippen LogP contribution in [0.2, 0.25) is 0 Å². The summed E-state index contributed by atoms with van der Waals surface area (Å²) in [6.45, 7) is 3.86. The van der Waals surface area contributed by atoms with Crippen molar-refractivity contribution in [3.8, 4) is 0 Å². The summed E-state index contributed by atoms with van der Waals surface area (Å²) in [5.74, 6) is -0.816. The highest BCUT2D eigenvalue weighted by molar-refractivity contribution is 7.90. The number of nitrogens with two attached hydrogens (primary N) is 1. The first-order valence-electron chi connectivity index (χ1n) is 5.28. The highest BCUT2D eigenvalue weighted by Gasteiger charge is 2.27. The molecule has 7 heteroatoms. The Kier molecular flexibility index (Phi) is 6.04. The maximum Gasteiger partial charge on any atom is 0.232 e. The summed E-state index contributed by atoms with van der Waals surface area (Å²) in [4.78, 5) is 13.5. The number of thiocarbonyl (C=S) groups is 1. The van der Waals surface area contributed by atoms with Crippen molar-refractivity contribution in [2.24, 2.45) is 17.6 Å². The molecule has 0 spiro atoms. The lowest BCUT2D eigenvalue weighted by atomic mass is 9.94. The minimum Gasteiger partial charge on any atom is -0.393 e. The molecule has 0 saturated heterocycles. The van der Waals surface area contributed by atoms with Gasteiger partial charge in [0.15, 0.2) is 0 Å². The second kappa shape index (κ2) is 6.30. The number of nitrogens with zero attached hydrogens (tertiary/aromatic N) is 1. The molecule has 2 N–H and O–H groups in total. The smallest absolute Gasteiger partial charge is 0.232 e. The summed E-state index contributed by atoms with van der Waals surface area (Å²) in [7, 11) is -1.52. The van der Waals surface area contributed by atoms with E-state index in [-0.39, 0.29) is 29.1 Å². The lowest BCUT2D eigenvalue weighted by molar-refractivity contribution is -0.132. The third-order valence-corrected chi connectivity index (χ3v) is 3.59. The molecule has 17 heavy (non-hydrogen) atoms. The van der Waals surface area contributed by atoms with Gasteiger partial charge in [0.2, 0.25) is 5.91 Å². The van der Waals surface area contributed by atoms with Crippen molar-refractivity contribution in [1.82, 2.24) is 4.90 Å². The quantitative estimate of drug-likeness (QED) is 0.695. The lowest BCUT2D eigenvalue weighted by Crippen LogP contribution is -2.43. The van der Waals surface area contributed by atoms with Gasteiger partial charge in [-0.2, -0.15) is 0 Å². The minimum absolute atomic E-state index is 0.000633. The fraction of sp³-hybridized carbons (Fsp3) is 0.800. The first kappa shape index (κ1) is 16.3. The zero-order valence-corrected chi connectivity index (χ0v) is 12.3. The first-order chi connectivity index (χ1) is 7.56. The van der Waals surface area contributed by atoms with Crippen molar-refractivity contribution in [2.45, 2.75) is 13.8 Å². The summed E-state index contributed by atoms with van der Waals surface area (Å²) < 4.78 is 22.0. The molecule has 0 aliphatic carbocycles. The van der Waals surface area contributed by atoms with Gasteiger partial charge >= 0.3 is 0 Å². The number of rotatable bonds is 6. The zero-order chi connectivity index (χ0) is 13.8. The molecule has 0 aliphatic rings. The van der Waals surface area contributed by atoms with E-state index >= 15 is 0 Å². The van der Waals surface area contributed by atoms with Crippen LogP contribution in [0.1, 0.15) is 13.8 Å². The van der Waals surface area contributed by atoms with Crippen LogP contribution in [0.3, 0.4) is 0 Å². The molecule has 0 rings (SSSR count). The summed E-state index contributed by atoms with van der Waals surface area (Å²) in [5.41, 5.74) is 5.52. The number of carbonyl (C=O) groups excluding carboxylic acids is 1. The minimum atomic E-state index is -3.08. The fourth-order valence-corrected chi connectivity index (χ4v) is 2.36. The van der Waals surface area contributed by atoms with Gasteiger partial charge in [0.05, 0.1) is 16.7 Å². The number of hydrogen-bond donors (Lipinski definition) is 1. The Morgan fingerprint density at radius 2 is 1.88 bits per heavy atom. The first-order valence-corrected chi connectivity index (χ1v) is 7.75. The Labute approximate surface area is 108 Å². The van der Waals surface area contributed by atoms with E-state index in [4.69, 9.17) is 18.0 Å². The topological polar surface area (TPSA) is 80.5 Å². The van der Waals surface area contributed by atoms with Crippen LogP contribution in [-0.4, -0.2) is 49.8 Å². The number of amides is 1. The third-order valence-electron chi connectivity index (χ3n) is 2.41. The van der Waals surface area contributed by atoms with Crippen molar-refractivity contribution >= 4 is 33.0 Å². The molecule has 0 bridgehead atoms. The van der Waals surface area contributed by atoms with Gasteiger partial charge in [0.1, 0.15) is 9.84 Å². The Morgan fingerprint density at radius 3 is 2.18 bits per heavy atom. The SMILES string of the molecule is CC(C)C(C(=O)N(C)CCS(C)(=O)=O)C(N)=S. The van der Waals surface area contributed by atoms with Crippen LogP contribution >= 0.6 is 12.2 Å². The number of carbonyl (C=O) groups is 1. The Balaban J connectivity index is 4.63. The molecule has 1 unspecified atom stereocenters. The molecule has 0 heterocycles.